The number of allylic oxidation sites excluding steroid dienone is 2. The van der Waals surface area contributed by atoms with E-state index in [9.17, 15) is 14.9 Å². The van der Waals surface area contributed by atoms with Gasteiger partial charge in [-0.3, -0.25) is 14.9 Å². The van der Waals surface area contributed by atoms with Gasteiger partial charge in [0.1, 0.15) is 0 Å². The topological polar surface area (TPSA) is 69.4 Å². The molecule has 1 atom stereocenters. The Morgan fingerprint density at radius 2 is 2.35 bits per heavy atom. The first-order chi connectivity index (χ1) is 9.61. The summed E-state index contributed by atoms with van der Waals surface area (Å²) in [6.07, 6.45) is 5.75. The lowest BCUT2D eigenvalue weighted by atomic mass is 10.1. The molecular weight excluding hydrogens is 278 g/mol. The van der Waals surface area contributed by atoms with Crippen molar-refractivity contribution < 1.29 is 14.5 Å². The van der Waals surface area contributed by atoms with E-state index in [1.165, 1.54) is 37.1 Å². The van der Waals surface area contributed by atoms with Crippen LogP contribution in [-0.2, 0) is 4.79 Å². The molecule has 5 nitrogen and oxygen atoms in total. The summed E-state index contributed by atoms with van der Waals surface area (Å²) < 4.78 is 4.92. The van der Waals surface area contributed by atoms with E-state index in [0.29, 0.717) is 5.56 Å². The average molecular weight is 291 g/mol. The maximum absolute atomic E-state index is 11.9. The summed E-state index contributed by atoms with van der Waals surface area (Å²) in [6, 6.07) is 4.59. The Hall–Kier alpha value is -2.08. The summed E-state index contributed by atoms with van der Waals surface area (Å²) in [6.45, 7) is 0. The van der Waals surface area contributed by atoms with Crippen molar-refractivity contribution in [3.05, 3.63) is 51.4 Å². The molecule has 0 fully saturated rings. The van der Waals surface area contributed by atoms with Crippen LogP contribution in [0.3, 0.4) is 0 Å². The molecule has 1 aliphatic heterocycles. The molecule has 6 heteroatoms. The maximum Gasteiger partial charge on any atom is 0.311 e. The Morgan fingerprint density at radius 3 is 2.95 bits per heavy atom. The van der Waals surface area contributed by atoms with Crippen molar-refractivity contribution >= 4 is 29.3 Å². The van der Waals surface area contributed by atoms with E-state index in [-0.39, 0.29) is 22.5 Å². The Morgan fingerprint density at radius 1 is 1.55 bits per heavy atom. The van der Waals surface area contributed by atoms with E-state index >= 15 is 0 Å². The van der Waals surface area contributed by atoms with Crippen LogP contribution in [0.5, 0.6) is 5.75 Å². The molecule has 0 N–H and O–H groups in total. The van der Waals surface area contributed by atoms with Crippen LogP contribution in [0.25, 0.3) is 6.08 Å². The molecule has 0 aromatic heterocycles. The fourth-order valence-corrected chi connectivity index (χ4v) is 2.65. The lowest BCUT2D eigenvalue weighted by Crippen LogP contribution is -2.10. The quantitative estimate of drug-likeness (QED) is 0.473. The van der Waals surface area contributed by atoms with Gasteiger partial charge in [0, 0.05) is 6.07 Å². The monoisotopic (exact) mass is 291 g/mol. The molecule has 1 unspecified atom stereocenters. The molecule has 20 heavy (non-hydrogen) atoms. The van der Waals surface area contributed by atoms with Gasteiger partial charge in [0.25, 0.3) is 0 Å². The van der Waals surface area contributed by atoms with Crippen molar-refractivity contribution in [1.29, 1.82) is 0 Å². The lowest BCUT2D eigenvalue weighted by Gasteiger charge is -2.03. The summed E-state index contributed by atoms with van der Waals surface area (Å²) in [7, 11) is 1.38. The van der Waals surface area contributed by atoms with E-state index < -0.39 is 4.92 Å². The fraction of sp³-hybridized carbons (Fsp3) is 0.214. The SMILES string of the molecule is COc1ccc(/C=C/C(=O)C2CC=CS2)cc1[N+](=O)[O-]. The Bertz CT molecular complexity index is 587. The molecule has 1 heterocycles. The second-order valence-electron chi connectivity index (χ2n) is 4.16. The smallest absolute Gasteiger partial charge is 0.311 e. The van der Waals surface area contributed by atoms with Crippen LogP contribution in [0.15, 0.2) is 35.8 Å². The molecule has 0 saturated heterocycles. The molecule has 1 aromatic carbocycles. The number of hydrogen-bond acceptors (Lipinski definition) is 5. The summed E-state index contributed by atoms with van der Waals surface area (Å²) in [5.74, 6) is 0.215. The van der Waals surface area contributed by atoms with Gasteiger partial charge >= 0.3 is 5.69 Å². The number of nitro benzene ring substituents is 1. The maximum atomic E-state index is 11.9. The number of nitro groups is 1. The van der Waals surface area contributed by atoms with E-state index in [0.717, 1.165) is 6.42 Å². The number of carbonyl (C=O) groups is 1. The zero-order chi connectivity index (χ0) is 14.5. The fourth-order valence-electron chi connectivity index (χ4n) is 1.81. The van der Waals surface area contributed by atoms with E-state index in [1.807, 2.05) is 11.5 Å². The van der Waals surface area contributed by atoms with Crippen LogP contribution < -0.4 is 4.74 Å². The Labute approximate surface area is 120 Å². The van der Waals surface area contributed by atoms with Crippen molar-refractivity contribution in [3.8, 4) is 5.75 Å². The Balaban J connectivity index is 2.15. The molecule has 1 aliphatic rings. The first kappa shape index (κ1) is 14.3. The molecule has 0 radical (unpaired) electrons. The average Bonchev–Trinajstić information content (AvgIpc) is 2.98. The van der Waals surface area contributed by atoms with Gasteiger partial charge in [-0.15, -0.1) is 11.8 Å². The number of benzene rings is 1. The number of ether oxygens (including phenoxy) is 1. The normalized spacial score (nSPS) is 17.6. The number of rotatable bonds is 5. The van der Waals surface area contributed by atoms with Crippen LogP contribution in [0.4, 0.5) is 5.69 Å². The van der Waals surface area contributed by atoms with Crippen molar-refractivity contribution in [3.63, 3.8) is 0 Å². The van der Waals surface area contributed by atoms with Crippen LogP contribution in [-0.4, -0.2) is 23.1 Å². The Kier molecular flexibility index (Phi) is 4.57. The molecule has 1 aromatic rings. The predicted molar refractivity (Wildman–Crippen MR) is 78.8 cm³/mol. The number of ketones is 1. The molecule has 0 amide bonds. The minimum atomic E-state index is -0.505. The number of nitrogens with zero attached hydrogens (tertiary/aromatic N) is 1. The highest BCUT2D eigenvalue weighted by Gasteiger charge is 2.18. The molecule has 0 saturated carbocycles. The highest BCUT2D eigenvalue weighted by atomic mass is 32.2. The number of thioether (sulfide) groups is 1. The van der Waals surface area contributed by atoms with Crippen molar-refractivity contribution in [1.82, 2.24) is 0 Å². The van der Waals surface area contributed by atoms with Crippen molar-refractivity contribution in [2.24, 2.45) is 0 Å². The molecule has 2 rings (SSSR count). The summed E-state index contributed by atoms with van der Waals surface area (Å²) in [5.41, 5.74) is 0.487. The first-order valence-corrected chi connectivity index (χ1v) is 6.91. The molecular formula is C14H13NO4S. The standard InChI is InChI=1S/C14H13NO4S/c1-19-13-7-5-10(9-11(13)15(17)18)4-6-12(16)14-3-2-8-20-14/h2,4-9,14H,3H2,1H3/b6-4+. The number of hydrogen-bond donors (Lipinski definition) is 0. The molecule has 0 aliphatic carbocycles. The zero-order valence-electron chi connectivity index (χ0n) is 10.8. The zero-order valence-corrected chi connectivity index (χ0v) is 11.6. The third-order valence-corrected chi connectivity index (χ3v) is 3.95. The second-order valence-corrected chi connectivity index (χ2v) is 5.27. The molecule has 0 bridgehead atoms. The van der Waals surface area contributed by atoms with E-state index in [2.05, 4.69) is 0 Å². The summed E-state index contributed by atoms with van der Waals surface area (Å²) >= 11 is 1.49. The number of methoxy groups -OCH3 is 1. The highest BCUT2D eigenvalue weighted by molar-refractivity contribution is 8.03. The number of carbonyl (C=O) groups excluding carboxylic acids is 1. The second kappa shape index (κ2) is 6.38. The van der Waals surface area contributed by atoms with Gasteiger partial charge in [-0.05, 0) is 29.5 Å². The van der Waals surface area contributed by atoms with Gasteiger partial charge in [-0.25, -0.2) is 0 Å². The van der Waals surface area contributed by atoms with Gasteiger partial charge < -0.3 is 4.74 Å². The highest BCUT2D eigenvalue weighted by Crippen LogP contribution is 2.28. The minimum Gasteiger partial charge on any atom is -0.490 e. The lowest BCUT2D eigenvalue weighted by molar-refractivity contribution is -0.385. The first-order valence-electron chi connectivity index (χ1n) is 5.96. The molecule has 0 spiro atoms. The van der Waals surface area contributed by atoms with Gasteiger partial charge in [0.05, 0.1) is 17.3 Å². The largest absolute Gasteiger partial charge is 0.490 e. The third kappa shape index (κ3) is 3.27. The van der Waals surface area contributed by atoms with Crippen LogP contribution in [0.2, 0.25) is 0 Å². The van der Waals surface area contributed by atoms with E-state index in [1.54, 1.807) is 12.1 Å². The third-order valence-electron chi connectivity index (χ3n) is 2.85. The van der Waals surface area contributed by atoms with Crippen LogP contribution >= 0.6 is 11.8 Å². The minimum absolute atomic E-state index is 0.0125. The van der Waals surface area contributed by atoms with Crippen molar-refractivity contribution in [2.45, 2.75) is 11.7 Å². The van der Waals surface area contributed by atoms with Crippen LogP contribution in [0, 0.1) is 10.1 Å². The van der Waals surface area contributed by atoms with E-state index in [4.69, 9.17) is 4.74 Å². The summed E-state index contributed by atoms with van der Waals surface area (Å²) in [4.78, 5) is 22.3. The van der Waals surface area contributed by atoms with Gasteiger partial charge in [0.15, 0.2) is 11.5 Å². The summed E-state index contributed by atoms with van der Waals surface area (Å²) in [5, 5.41) is 12.7. The van der Waals surface area contributed by atoms with Gasteiger partial charge in [0.2, 0.25) is 0 Å². The van der Waals surface area contributed by atoms with Gasteiger partial charge in [-0.1, -0.05) is 18.2 Å². The predicted octanol–water partition coefficient (Wildman–Crippen LogP) is 3.20. The molecule has 104 valence electrons. The van der Waals surface area contributed by atoms with Gasteiger partial charge in [-0.2, -0.15) is 0 Å². The van der Waals surface area contributed by atoms with Crippen molar-refractivity contribution in [2.75, 3.05) is 7.11 Å². The van der Waals surface area contributed by atoms with Crippen LogP contribution in [0.1, 0.15) is 12.0 Å².